The van der Waals surface area contributed by atoms with E-state index in [0.717, 1.165) is 12.1 Å². The van der Waals surface area contributed by atoms with Crippen molar-refractivity contribution in [2.75, 3.05) is 6.61 Å². The van der Waals surface area contributed by atoms with Crippen LogP contribution in [0.3, 0.4) is 0 Å². The van der Waals surface area contributed by atoms with Gasteiger partial charge in [-0.2, -0.15) is 13.2 Å². The number of alkyl halides is 3. The highest BCUT2D eigenvalue weighted by Crippen LogP contribution is 2.38. The van der Waals surface area contributed by atoms with Crippen molar-refractivity contribution in [3.05, 3.63) is 53.6 Å². The van der Waals surface area contributed by atoms with E-state index in [2.05, 4.69) is 0 Å². The lowest BCUT2D eigenvalue weighted by Crippen LogP contribution is -2.06. The first-order chi connectivity index (χ1) is 9.97. The molecule has 0 aliphatic rings. The van der Waals surface area contributed by atoms with Crippen LogP contribution in [-0.4, -0.2) is 12.9 Å². The van der Waals surface area contributed by atoms with Crippen molar-refractivity contribution in [1.29, 1.82) is 0 Å². The van der Waals surface area contributed by atoms with E-state index >= 15 is 0 Å². The minimum atomic E-state index is -4.45. The molecule has 110 valence electrons. The van der Waals surface area contributed by atoms with E-state index in [1.54, 1.807) is 31.2 Å². The van der Waals surface area contributed by atoms with Gasteiger partial charge < -0.3 is 4.74 Å². The smallest absolute Gasteiger partial charge is 0.416 e. The summed E-state index contributed by atoms with van der Waals surface area (Å²) in [5.74, 6) is 0.319. The molecule has 0 atom stereocenters. The number of rotatable bonds is 4. The molecule has 0 unspecified atom stereocenters. The molecule has 0 amide bonds. The Labute approximate surface area is 120 Å². The van der Waals surface area contributed by atoms with Gasteiger partial charge >= 0.3 is 6.18 Å². The largest absolute Gasteiger partial charge is 0.493 e. The van der Waals surface area contributed by atoms with Crippen LogP contribution in [0.4, 0.5) is 13.2 Å². The molecule has 0 saturated heterocycles. The first kappa shape index (κ1) is 15.1. The van der Waals surface area contributed by atoms with Crippen LogP contribution in [-0.2, 0) is 6.18 Å². The molecule has 0 radical (unpaired) electrons. The molecule has 0 fully saturated rings. The molecule has 0 spiro atoms. The van der Waals surface area contributed by atoms with Gasteiger partial charge in [-0.1, -0.05) is 24.3 Å². The fourth-order valence-electron chi connectivity index (χ4n) is 2.04. The maximum atomic E-state index is 12.9. The number of hydrogen-bond acceptors (Lipinski definition) is 2. The van der Waals surface area contributed by atoms with Gasteiger partial charge in [-0.15, -0.1) is 0 Å². The molecule has 0 N–H and O–H groups in total. The predicted octanol–water partition coefficient (Wildman–Crippen LogP) is 4.58. The van der Waals surface area contributed by atoms with Crippen LogP contribution >= 0.6 is 0 Å². The van der Waals surface area contributed by atoms with Crippen LogP contribution < -0.4 is 4.74 Å². The lowest BCUT2D eigenvalue weighted by molar-refractivity contribution is -0.137. The monoisotopic (exact) mass is 294 g/mol. The number of benzene rings is 2. The summed E-state index contributed by atoms with van der Waals surface area (Å²) in [5, 5.41) is 0. The zero-order valence-corrected chi connectivity index (χ0v) is 11.3. The fourth-order valence-corrected chi connectivity index (χ4v) is 2.04. The average molecular weight is 294 g/mol. The van der Waals surface area contributed by atoms with Crippen molar-refractivity contribution in [1.82, 2.24) is 0 Å². The van der Waals surface area contributed by atoms with Gasteiger partial charge in [0.05, 0.1) is 12.2 Å². The van der Waals surface area contributed by atoms with Gasteiger partial charge in [0, 0.05) is 11.1 Å². The van der Waals surface area contributed by atoms with Gasteiger partial charge in [-0.25, -0.2) is 0 Å². The van der Waals surface area contributed by atoms with E-state index in [-0.39, 0.29) is 5.56 Å². The van der Waals surface area contributed by atoms with Crippen molar-refractivity contribution in [3.63, 3.8) is 0 Å². The first-order valence-corrected chi connectivity index (χ1v) is 6.36. The summed E-state index contributed by atoms with van der Waals surface area (Å²) in [5.41, 5.74) is 0.218. The third-order valence-electron chi connectivity index (χ3n) is 2.98. The van der Waals surface area contributed by atoms with E-state index in [1.807, 2.05) is 0 Å². The number of carbonyl (C=O) groups is 1. The molecule has 0 aliphatic heterocycles. The van der Waals surface area contributed by atoms with Gasteiger partial charge in [-0.05, 0) is 30.7 Å². The quantitative estimate of drug-likeness (QED) is 0.771. The molecule has 0 aromatic heterocycles. The van der Waals surface area contributed by atoms with Crippen LogP contribution in [0.2, 0.25) is 0 Å². The summed E-state index contributed by atoms with van der Waals surface area (Å²) in [6, 6.07) is 9.73. The Morgan fingerprint density at radius 2 is 1.81 bits per heavy atom. The zero-order chi connectivity index (χ0) is 15.5. The van der Waals surface area contributed by atoms with E-state index < -0.39 is 11.7 Å². The number of hydrogen-bond donors (Lipinski definition) is 0. The standard InChI is InChI=1S/C16H13F3O2/c1-2-21-15-8-7-12(16(17,18)19)9-14(15)13-6-4-3-5-11(13)10-20/h3-10H,2H2,1H3. The summed E-state index contributed by atoms with van der Waals surface area (Å²) >= 11 is 0. The second-order valence-electron chi connectivity index (χ2n) is 4.35. The molecule has 21 heavy (non-hydrogen) atoms. The molecule has 0 heterocycles. The van der Waals surface area contributed by atoms with E-state index in [4.69, 9.17) is 4.74 Å². The lowest BCUT2D eigenvalue weighted by Gasteiger charge is -2.15. The molecule has 2 aromatic carbocycles. The van der Waals surface area contributed by atoms with Crippen molar-refractivity contribution in [2.45, 2.75) is 13.1 Å². The third-order valence-corrected chi connectivity index (χ3v) is 2.98. The third kappa shape index (κ3) is 3.24. The first-order valence-electron chi connectivity index (χ1n) is 6.36. The van der Waals surface area contributed by atoms with Gasteiger partial charge in [0.2, 0.25) is 0 Å². The predicted molar refractivity (Wildman–Crippen MR) is 73.4 cm³/mol. The molecular formula is C16H13F3O2. The van der Waals surface area contributed by atoms with Crippen LogP contribution in [0.5, 0.6) is 5.75 Å². The van der Waals surface area contributed by atoms with E-state index in [9.17, 15) is 18.0 Å². The second-order valence-corrected chi connectivity index (χ2v) is 4.35. The maximum Gasteiger partial charge on any atom is 0.416 e. The number of aldehydes is 1. The zero-order valence-electron chi connectivity index (χ0n) is 11.3. The summed E-state index contributed by atoms with van der Waals surface area (Å²) < 4.78 is 44.0. The molecule has 2 nitrogen and oxygen atoms in total. The Kier molecular flexibility index (Phi) is 4.31. The summed E-state index contributed by atoms with van der Waals surface area (Å²) in [4.78, 5) is 11.1. The van der Waals surface area contributed by atoms with Crippen molar-refractivity contribution in [3.8, 4) is 16.9 Å². The fraction of sp³-hybridized carbons (Fsp3) is 0.188. The van der Waals surface area contributed by atoms with Crippen molar-refractivity contribution < 1.29 is 22.7 Å². The van der Waals surface area contributed by atoms with Crippen LogP contribution in [0.1, 0.15) is 22.8 Å². The SMILES string of the molecule is CCOc1ccc(C(F)(F)F)cc1-c1ccccc1C=O. The van der Waals surface area contributed by atoms with E-state index in [1.165, 1.54) is 6.07 Å². The van der Waals surface area contributed by atoms with Gasteiger partial charge in [0.25, 0.3) is 0 Å². The molecule has 0 bridgehead atoms. The molecular weight excluding hydrogens is 281 g/mol. The van der Waals surface area contributed by atoms with Gasteiger partial charge in [-0.3, -0.25) is 4.79 Å². The van der Waals surface area contributed by atoms with Crippen LogP contribution in [0.25, 0.3) is 11.1 Å². The Morgan fingerprint density at radius 3 is 2.43 bits per heavy atom. The Balaban J connectivity index is 2.66. The highest BCUT2D eigenvalue weighted by Gasteiger charge is 2.31. The molecule has 2 rings (SSSR count). The van der Waals surface area contributed by atoms with Gasteiger partial charge in [0.1, 0.15) is 5.75 Å². The lowest BCUT2D eigenvalue weighted by atomic mass is 9.97. The minimum Gasteiger partial charge on any atom is -0.493 e. The second kappa shape index (κ2) is 5.99. The average Bonchev–Trinajstić information content (AvgIpc) is 2.47. The molecule has 5 heteroatoms. The van der Waals surface area contributed by atoms with Crippen LogP contribution in [0.15, 0.2) is 42.5 Å². The highest BCUT2D eigenvalue weighted by molar-refractivity contribution is 5.89. The Bertz CT molecular complexity index is 648. The molecule has 0 aliphatic carbocycles. The summed E-state index contributed by atoms with van der Waals surface area (Å²) in [7, 11) is 0. The highest BCUT2D eigenvalue weighted by atomic mass is 19.4. The van der Waals surface area contributed by atoms with Gasteiger partial charge in [0.15, 0.2) is 6.29 Å². The number of halogens is 3. The number of ether oxygens (including phenoxy) is 1. The van der Waals surface area contributed by atoms with Crippen molar-refractivity contribution in [2.24, 2.45) is 0 Å². The maximum absolute atomic E-state index is 12.9. The van der Waals surface area contributed by atoms with Crippen LogP contribution in [0, 0.1) is 0 Å². The Morgan fingerprint density at radius 1 is 1.10 bits per heavy atom. The Hall–Kier alpha value is -2.30. The summed E-state index contributed by atoms with van der Waals surface area (Å²) in [6.45, 7) is 2.06. The van der Waals surface area contributed by atoms with Crippen molar-refractivity contribution >= 4 is 6.29 Å². The molecule has 2 aromatic rings. The topological polar surface area (TPSA) is 26.3 Å². The van der Waals surface area contributed by atoms with E-state index in [0.29, 0.717) is 29.8 Å². The number of carbonyl (C=O) groups excluding carboxylic acids is 1. The normalized spacial score (nSPS) is 11.2. The summed E-state index contributed by atoms with van der Waals surface area (Å²) in [6.07, 6.45) is -3.83. The minimum absolute atomic E-state index is 0.259. The molecule has 0 saturated carbocycles.